The van der Waals surface area contributed by atoms with E-state index in [2.05, 4.69) is 20.7 Å². The van der Waals surface area contributed by atoms with Crippen molar-refractivity contribution in [1.82, 2.24) is 4.72 Å². The summed E-state index contributed by atoms with van der Waals surface area (Å²) in [5.74, 6) is 0.313. The van der Waals surface area contributed by atoms with E-state index in [1.807, 2.05) is 39.0 Å². The predicted molar refractivity (Wildman–Crippen MR) is 95.3 cm³/mol. The summed E-state index contributed by atoms with van der Waals surface area (Å²) in [4.78, 5) is 0.116. The third-order valence-electron chi connectivity index (χ3n) is 3.78. The summed E-state index contributed by atoms with van der Waals surface area (Å²) < 4.78 is 33.9. The number of sulfonamides is 1. The van der Waals surface area contributed by atoms with E-state index in [4.69, 9.17) is 4.74 Å². The molecule has 6 heteroatoms. The Kier molecular flexibility index (Phi) is 5.49. The lowest BCUT2D eigenvalue weighted by Crippen LogP contribution is -2.27. The van der Waals surface area contributed by atoms with Gasteiger partial charge in [0.2, 0.25) is 10.0 Å². The SMILES string of the molecule is COc1ccc(Br)cc1S(=O)(=O)NC(C)c1ccc(C)c(C)c1. The number of nitrogens with one attached hydrogen (secondary N) is 1. The molecule has 0 aromatic heterocycles. The number of methoxy groups -OCH3 is 1. The first-order valence-corrected chi connectivity index (χ1v) is 9.45. The lowest BCUT2D eigenvalue weighted by atomic mass is 10.0. The van der Waals surface area contributed by atoms with Gasteiger partial charge >= 0.3 is 0 Å². The molecule has 2 rings (SSSR count). The van der Waals surface area contributed by atoms with Crippen molar-refractivity contribution in [2.45, 2.75) is 31.7 Å². The molecule has 2 aromatic rings. The fraction of sp³-hybridized carbons (Fsp3) is 0.294. The van der Waals surface area contributed by atoms with Gasteiger partial charge < -0.3 is 4.74 Å². The molecular formula is C17H20BrNO3S. The maximum atomic E-state index is 12.7. The first-order chi connectivity index (χ1) is 10.7. The zero-order valence-electron chi connectivity index (χ0n) is 13.6. The highest BCUT2D eigenvalue weighted by Crippen LogP contribution is 2.28. The standard InChI is InChI=1S/C17H20BrNO3S/c1-11-5-6-14(9-12(11)2)13(3)19-23(20,21)17-10-15(18)7-8-16(17)22-4/h5-10,13,19H,1-4H3. The number of halogens is 1. The Bertz CT molecular complexity index is 819. The van der Waals surface area contributed by atoms with Crippen molar-refractivity contribution in [3.8, 4) is 5.75 Å². The molecule has 0 fully saturated rings. The van der Waals surface area contributed by atoms with Gasteiger partial charge in [-0.05, 0) is 55.7 Å². The number of hydrogen-bond acceptors (Lipinski definition) is 3. The minimum absolute atomic E-state index is 0.116. The van der Waals surface area contributed by atoms with Crippen molar-refractivity contribution in [1.29, 1.82) is 0 Å². The monoisotopic (exact) mass is 397 g/mol. The molecule has 0 saturated heterocycles. The highest BCUT2D eigenvalue weighted by atomic mass is 79.9. The molecule has 1 unspecified atom stereocenters. The van der Waals surface area contributed by atoms with Crippen LogP contribution in [0.2, 0.25) is 0 Å². The normalized spacial score (nSPS) is 12.9. The Morgan fingerprint density at radius 2 is 1.78 bits per heavy atom. The summed E-state index contributed by atoms with van der Waals surface area (Å²) in [6.45, 7) is 5.86. The largest absolute Gasteiger partial charge is 0.495 e. The molecule has 2 aromatic carbocycles. The first-order valence-electron chi connectivity index (χ1n) is 7.17. The quantitative estimate of drug-likeness (QED) is 0.825. The number of rotatable bonds is 5. The molecule has 4 nitrogen and oxygen atoms in total. The second-order valence-corrected chi connectivity index (χ2v) is 8.08. The average molecular weight is 398 g/mol. The number of ether oxygens (including phenoxy) is 1. The fourth-order valence-electron chi connectivity index (χ4n) is 2.26. The van der Waals surface area contributed by atoms with Gasteiger partial charge in [0.25, 0.3) is 0 Å². The maximum Gasteiger partial charge on any atom is 0.244 e. The maximum absolute atomic E-state index is 12.7. The Balaban J connectivity index is 2.34. The molecule has 0 aliphatic carbocycles. The second-order valence-electron chi connectivity index (χ2n) is 5.48. The molecule has 23 heavy (non-hydrogen) atoms. The van der Waals surface area contributed by atoms with Crippen molar-refractivity contribution in [2.75, 3.05) is 7.11 Å². The smallest absolute Gasteiger partial charge is 0.244 e. The molecule has 0 aliphatic heterocycles. The summed E-state index contributed by atoms with van der Waals surface area (Å²) in [6.07, 6.45) is 0. The van der Waals surface area contributed by atoms with Gasteiger partial charge in [-0.3, -0.25) is 0 Å². The molecule has 0 spiro atoms. The lowest BCUT2D eigenvalue weighted by molar-refractivity contribution is 0.402. The van der Waals surface area contributed by atoms with Crippen LogP contribution in [0.5, 0.6) is 5.75 Å². The van der Waals surface area contributed by atoms with Gasteiger partial charge in [-0.2, -0.15) is 0 Å². The lowest BCUT2D eigenvalue weighted by Gasteiger charge is -2.17. The van der Waals surface area contributed by atoms with Crippen LogP contribution in [-0.4, -0.2) is 15.5 Å². The van der Waals surface area contributed by atoms with Gasteiger partial charge in [0.15, 0.2) is 0 Å². The van der Waals surface area contributed by atoms with Crippen LogP contribution in [0.3, 0.4) is 0 Å². The van der Waals surface area contributed by atoms with E-state index in [1.54, 1.807) is 12.1 Å². The molecule has 0 saturated carbocycles. The van der Waals surface area contributed by atoms with Crippen LogP contribution >= 0.6 is 15.9 Å². The first kappa shape index (κ1) is 18.0. The average Bonchev–Trinajstić information content (AvgIpc) is 2.49. The summed E-state index contributed by atoms with van der Waals surface area (Å²) in [7, 11) is -2.25. The van der Waals surface area contributed by atoms with E-state index in [9.17, 15) is 8.42 Å². The van der Waals surface area contributed by atoms with Crippen LogP contribution in [-0.2, 0) is 10.0 Å². The molecule has 1 N–H and O–H groups in total. The van der Waals surface area contributed by atoms with Crippen LogP contribution in [0.4, 0.5) is 0 Å². The van der Waals surface area contributed by atoms with E-state index in [1.165, 1.54) is 18.7 Å². The van der Waals surface area contributed by atoms with E-state index in [0.29, 0.717) is 10.2 Å². The van der Waals surface area contributed by atoms with E-state index >= 15 is 0 Å². The molecule has 1 atom stereocenters. The van der Waals surface area contributed by atoms with Crippen molar-refractivity contribution in [3.05, 3.63) is 57.6 Å². The van der Waals surface area contributed by atoms with E-state index in [0.717, 1.165) is 11.1 Å². The molecular weight excluding hydrogens is 378 g/mol. The minimum Gasteiger partial charge on any atom is -0.495 e. The van der Waals surface area contributed by atoms with Crippen LogP contribution in [0, 0.1) is 13.8 Å². The second kappa shape index (κ2) is 7.03. The van der Waals surface area contributed by atoms with Gasteiger partial charge in [-0.15, -0.1) is 0 Å². The number of aryl methyl sites for hydroxylation is 2. The third kappa shape index (κ3) is 4.13. The van der Waals surface area contributed by atoms with Crippen LogP contribution in [0.15, 0.2) is 45.8 Å². The molecule has 0 bridgehead atoms. The molecule has 124 valence electrons. The molecule has 0 amide bonds. The number of benzene rings is 2. The topological polar surface area (TPSA) is 55.4 Å². The summed E-state index contributed by atoms with van der Waals surface area (Å²) in [5.41, 5.74) is 3.23. The van der Waals surface area contributed by atoms with Crippen LogP contribution < -0.4 is 9.46 Å². The highest BCUT2D eigenvalue weighted by Gasteiger charge is 2.23. The molecule has 0 aliphatic rings. The number of hydrogen-bond donors (Lipinski definition) is 1. The van der Waals surface area contributed by atoms with Crippen LogP contribution in [0.25, 0.3) is 0 Å². The highest BCUT2D eigenvalue weighted by molar-refractivity contribution is 9.10. The summed E-state index contributed by atoms with van der Waals surface area (Å²) >= 11 is 3.30. The van der Waals surface area contributed by atoms with Crippen molar-refractivity contribution in [2.24, 2.45) is 0 Å². The van der Waals surface area contributed by atoms with Crippen molar-refractivity contribution in [3.63, 3.8) is 0 Å². The fourth-order valence-corrected chi connectivity index (χ4v) is 4.20. The Morgan fingerprint density at radius 3 is 2.39 bits per heavy atom. The van der Waals surface area contributed by atoms with Crippen molar-refractivity contribution < 1.29 is 13.2 Å². The summed E-state index contributed by atoms with van der Waals surface area (Å²) in [6, 6.07) is 10.5. The zero-order chi connectivity index (χ0) is 17.2. The third-order valence-corrected chi connectivity index (χ3v) is 5.83. The molecule has 0 radical (unpaired) electrons. The van der Waals surface area contributed by atoms with Crippen LogP contribution in [0.1, 0.15) is 29.7 Å². The van der Waals surface area contributed by atoms with Gasteiger partial charge in [0, 0.05) is 10.5 Å². The van der Waals surface area contributed by atoms with Gasteiger partial charge in [0.05, 0.1) is 7.11 Å². The van der Waals surface area contributed by atoms with Crippen molar-refractivity contribution >= 4 is 26.0 Å². The minimum atomic E-state index is -3.70. The Hall–Kier alpha value is -1.37. The predicted octanol–water partition coefficient (Wildman–Crippen LogP) is 4.11. The van der Waals surface area contributed by atoms with Gasteiger partial charge in [0.1, 0.15) is 10.6 Å². The van der Waals surface area contributed by atoms with Gasteiger partial charge in [-0.1, -0.05) is 34.1 Å². The zero-order valence-corrected chi connectivity index (χ0v) is 16.0. The van der Waals surface area contributed by atoms with E-state index < -0.39 is 10.0 Å². The van der Waals surface area contributed by atoms with E-state index in [-0.39, 0.29) is 10.9 Å². The summed E-state index contributed by atoms with van der Waals surface area (Å²) in [5, 5.41) is 0. The molecule has 0 heterocycles. The Morgan fingerprint density at radius 1 is 1.09 bits per heavy atom. The van der Waals surface area contributed by atoms with Gasteiger partial charge in [-0.25, -0.2) is 13.1 Å². The Labute approximate surface area is 146 Å².